The summed E-state index contributed by atoms with van der Waals surface area (Å²) in [5, 5.41) is 17.5. The van der Waals surface area contributed by atoms with Gasteiger partial charge in [0.1, 0.15) is 23.6 Å². The summed E-state index contributed by atoms with van der Waals surface area (Å²) in [6.45, 7) is 0. The maximum absolute atomic E-state index is 11.7. The normalized spacial score (nSPS) is 10.3. The molecule has 0 spiro atoms. The van der Waals surface area contributed by atoms with Gasteiger partial charge in [0.25, 0.3) is 0 Å². The molecule has 9 nitrogen and oxygen atoms in total. The first-order chi connectivity index (χ1) is 14.7. The summed E-state index contributed by atoms with van der Waals surface area (Å²) in [7, 11) is 0. The van der Waals surface area contributed by atoms with Gasteiger partial charge in [0.05, 0.1) is 4.92 Å². The standard InChI is InChI=1S/C21H16N6O3/c28-27(29)19-20(23-14-24-21(19)26-18-8-4-5-13-22-18)25-15-9-11-17(12-10-15)30-16-6-2-1-3-7-16/h1-14H,(H2,22,23,24,25,26). The van der Waals surface area contributed by atoms with Crippen LogP contribution in [0.2, 0.25) is 0 Å². The third kappa shape index (κ3) is 4.47. The molecule has 148 valence electrons. The predicted molar refractivity (Wildman–Crippen MR) is 112 cm³/mol. The summed E-state index contributed by atoms with van der Waals surface area (Å²) in [6.07, 6.45) is 2.82. The fourth-order valence-electron chi connectivity index (χ4n) is 2.66. The molecule has 0 bridgehead atoms. The molecule has 0 unspecified atom stereocenters. The summed E-state index contributed by atoms with van der Waals surface area (Å²) in [5.41, 5.74) is 0.328. The van der Waals surface area contributed by atoms with E-state index in [1.807, 2.05) is 30.3 Å². The first-order valence-corrected chi connectivity index (χ1v) is 8.96. The number of ether oxygens (including phenoxy) is 1. The Hall–Kier alpha value is -4.53. The largest absolute Gasteiger partial charge is 0.457 e. The lowest BCUT2D eigenvalue weighted by Crippen LogP contribution is -2.06. The number of hydrogen-bond donors (Lipinski definition) is 2. The summed E-state index contributed by atoms with van der Waals surface area (Å²) in [6, 6.07) is 21.6. The Kier molecular flexibility index (Phi) is 5.43. The minimum Gasteiger partial charge on any atom is -0.457 e. The van der Waals surface area contributed by atoms with Crippen LogP contribution in [0.25, 0.3) is 0 Å². The van der Waals surface area contributed by atoms with Gasteiger partial charge in [0.15, 0.2) is 0 Å². The molecule has 0 saturated heterocycles. The van der Waals surface area contributed by atoms with Gasteiger partial charge in [-0.2, -0.15) is 0 Å². The Morgan fingerprint density at radius 3 is 2.10 bits per heavy atom. The second-order valence-electron chi connectivity index (χ2n) is 6.08. The van der Waals surface area contributed by atoms with E-state index in [-0.39, 0.29) is 17.3 Å². The molecular weight excluding hydrogens is 384 g/mol. The molecule has 0 aliphatic rings. The fraction of sp³-hybridized carbons (Fsp3) is 0. The van der Waals surface area contributed by atoms with Crippen molar-refractivity contribution in [3.8, 4) is 11.5 Å². The van der Waals surface area contributed by atoms with E-state index in [2.05, 4.69) is 25.6 Å². The van der Waals surface area contributed by atoms with Crippen LogP contribution in [-0.2, 0) is 0 Å². The molecule has 0 fully saturated rings. The molecule has 0 radical (unpaired) electrons. The van der Waals surface area contributed by atoms with E-state index >= 15 is 0 Å². The van der Waals surface area contributed by atoms with Crippen LogP contribution in [0.3, 0.4) is 0 Å². The van der Waals surface area contributed by atoms with Crippen molar-refractivity contribution in [3.63, 3.8) is 0 Å². The van der Waals surface area contributed by atoms with Gasteiger partial charge < -0.3 is 15.4 Å². The highest BCUT2D eigenvalue weighted by Gasteiger charge is 2.23. The van der Waals surface area contributed by atoms with Crippen molar-refractivity contribution in [3.05, 3.63) is 95.4 Å². The quantitative estimate of drug-likeness (QED) is 0.327. The lowest BCUT2D eigenvalue weighted by Gasteiger charge is -2.10. The van der Waals surface area contributed by atoms with Crippen molar-refractivity contribution >= 4 is 28.8 Å². The van der Waals surface area contributed by atoms with Gasteiger partial charge in [0, 0.05) is 11.9 Å². The fourth-order valence-corrected chi connectivity index (χ4v) is 2.66. The molecule has 0 amide bonds. The number of benzene rings is 2. The summed E-state index contributed by atoms with van der Waals surface area (Å²) in [4.78, 5) is 23.3. The summed E-state index contributed by atoms with van der Waals surface area (Å²) >= 11 is 0. The molecule has 9 heteroatoms. The zero-order chi connectivity index (χ0) is 20.8. The predicted octanol–water partition coefficient (Wildman–Crippen LogP) is 5.06. The molecule has 4 rings (SSSR count). The zero-order valence-electron chi connectivity index (χ0n) is 15.6. The minimum absolute atomic E-state index is 0.0419. The Balaban J connectivity index is 1.55. The van der Waals surface area contributed by atoms with E-state index in [4.69, 9.17) is 4.74 Å². The lowest BCUT2D eigenvalue weighted by molar-refractivity contribution is -0.383. The topological polar surface area (TPSA) is 115 Å². The zero-order valence-corrected chi connectivity index (χ0v) is 15.6. The van der Waals surface area contributed by atoms with Crippen LogP contribution >= 0.6 is 0 Å². The van der Waals surface area contributed by atoms with E-state index < -0.39 is 4.92 Å². The number of anilines is 4. The molecule has 0 aliphatic carbocycles. The van der Waals surface area contributed by atoms with Crippen molar-refractivity contribution in [2.75, 3.05) is 10.6 Å². The number of nitrogens with zero attached hydrogens (tertiary/aromatic N) is 4. The van der Waals surface area contributed by atoms with Crippen molar-refractivity contribution < 1.29 is 9.66 Å². The SMILES string of the molecule is O=[N+]([O-])c1c(Nc2ccc(Oc3ccccc3)cc2)ncnc1Nc1ccccn1. The maximum Gasteiger partial charge on any atom is 0.353 e. The second-order valence-corrected chi connectivity index (χ2v) is 6.08. The molecule has 0 aliphatic heterocycles. The number of pyridine rings is 1. The second kappa shape index (κ2) is 8.65. The van der Waals surface area contributed by atoms with E-state index in [0.29, 0.717) is 17.3 Å². The first-order valence-electron chi connectivity index (χ1n) is 8.96. The minimum atomic E-state index is -0.541. The maximum atomic E-state index is 11.7. The van der Waals surface area contributed by atoms with E-state index in [1.165, 1.54) is 6.33 Å². The molecule has 0 saturated carbocycles. The summed E-state index contributed by atoms with van der Waals surface area (Å²) < 4.78 is 5.75. The third-order valence-electron chi connectivity index (χ3n) is 4.01. The van der Waals surface area contributed by atoms with Gasteiger partial charge in [-0.15, -0.1) is 0 Å². The Labute approximate surface area is 171 Å². The average Bonchev–Trinajstić information content (AvgIpc) is 2.76. The highest BCUT2D eigenvalue weighted by Crippen LogP contribution is 2.33. The lowest BCUT2D eigenvalue weighted by atomic mass is 10.3. The number of para-hydroxylation sites is 1. The van der Waals surface area contributed by atoms with Gasteiger partial charge in [-0.3, -0.25) is 10.1 Å². The third-order valence-corrected chi connectivity index (χ3v) is 4.01. The average molecular weight is 400 g/mol. The van der Waals surface area contributed by atoms with Gasteiger partial charge in [-0.25, -0.2) is 15.0 Å². The van der Waals surface area contributed by atoms with Gasteiger partial charge in [-0.1, -0.05) is 24.3 Å². The Bertz CT molecular complexity index is 1140. The van der Waals surface area contributed by atoms with E-state index in [9.17, 15) is 10.1 Å². The highest BCUT2D eigenvalue weighted by atomic mass is 16.6. The van der Waals surface area contributed by atoms with Crippen molar-refractivity contribution in [2.45, 2.75) is 0 Å². The van der Waals surface area contributed by atoms with Crippen molar-refractivity contribution in [1.29, 1.82) is 0 Å². The van der Waals surface area contributed by atoms with Crippen molar-refractivity contribution in [2.24, 2.45) is 0 Å². The van der Waals surface area contributed by atoms with Gasteiger partial charge >= 0.3 is 5.69 Å². The molecule has 2 aromatic carbocycles. The number of rotatable bonds is 7. The molecule has 30 heavy (non-hydrogen) atoms. The Morgan fingerprint density at radius 2 is 1.43 bits per heavy atom. The summed E-state index contributed by atoms with van der Waals surface area (Å²) in [5.74, 6) is 1.90. The molecule has 2 N–H and O–H groups in total. The Morgan fingerprint density at radius 1 is 0.767 bits per heavy atom. The van der Waals surface area contributed by atoms with Crippen LogP contribution in [0.4, 0.5) is 28.8 Å². The van der Waals surface area contributed by atoms with Gasteiger partial charge in [0.2, 0.25) is 11.6 Å². The van der Waals surface area contributed by atoms with Crippen LogP contribution < -0.4 is 15.4 Å². The number of nitro groups is 1. The van der Waals surface area contributed by atoms with Crippen molar-refractivity contribution in [1.82, 2.24) is 15.0 Å². The highest BCUT2D eigenvalue weighted by molar-refractivity contribution is 5.76. The van der Waals surface area contributed by atoms with Crippen LogP contribution in [0.15, 0.2) is 85.3 Å². The molecular formula is C21H16N6O3. The smallest absolute Gasteiger partial charge is 0.353 e. The van der Waals surface area contributed by atoms with Crippen LogP contribution in [-0.4, -0.2) is 19.9 Å². The molecule has 2 heterocycles. The van der Waals surface area contributed by atoms with Crippen LogP contribution in [0.5, 0.6) is 11.5 Å². The van der Waals surface area contributed by atoms with Crippen LogP contribution in [0.1, 0.15) is 0 Å². The molecule has 2 aromatic heterocycles. The van der Waals surface area contributed by atoms with E-state index in [1.54, 1.807) is 48.7 Å². The number of aromatic nitrogens is 3. The van der Waals surface area contributed by atoms with Crippen LogP contribution in [0, 0.1) is 10.1 Å². The van der Waals surface area contributed by atoms with Gasteiger partial charge in [-0.05, 0) is 48.5 Å². The molecule has 4 aromatic rings. The number of hydrogen-bond acceptors (Lipinski definition) is 8. The number of nitrogens with one attached hydrogen (secondary N) is 2. The van der Waals surface area contributed by atoms with E-state index in [0.717, 1.165) is 5.75 Å². The monoisotopic (exact) mass is 400 g/mol. The first kappa shape index (κ1) is 18.8. The molecule has 0 atom stereocenters.